The van der Waals surface area contributed by atoms with Gasteiger partial charge in [-0.15, -0.1) is 0 Å². The van der Waals surface area contributed by atoms with Crippen molar-refractivity contribution in [3.63, 3.8) is 0 Å². The molecule has 1 radical (unpaired) electrons. The Bertz CT molecular complexity index is 114. The molecule has 1 atom stereocenters. The lowest BCUT2D eigenvalue weighted by molar-refractivity contribution is 1.12. The summed E-state index contributed by atoms with van der Waals surface area (Å²) in [4.78, 5) is 3.88. The van der Waals surface area contributed by atoms with Crippen LogP contribution in [0.1, 0.15) is 13.8 Å². The predicted molar refractivity (Wildman–Crippen MR) is 40.7 cm³/mol. The number of nitrogens with zero attached hydrogens (tertiary/aromatic N) is 1. The molecule has 0 aromatic rings. The number of aliphatic imine (C=N–C) groups is 1. The van der Waals surface area contributed by atoms with Crippen LogP contribution in [0.5, 0.6) is 0 Å². The van der Waals surface area contributed by atoms with Crippen LogP contribution in [0.25, 0.3) is 0 Å². The Morgan fingerprint density at radius 2 is 2.38 bits per heavy atom. The highest BCUT2D eigenvalue weighted by molar-refractivity contribution is 8.31. The van der Waals surface area contributed by atoms with E-state index in [0.29, 0.717) is 5.25 Å². The lowest BCUT2D eigenvalue weighted by Crippen LogP contribution is -1.91. The Hall–Kier alpha value is -0.240. The zero-order valence-corrected chi connectivity index (χ0v) is 6.02. The van der Waals surface area contributed by atoms with Gasteiger partial charge in [0.2, 0.25) is 0 Å². The zero-order chi connectivity index (χ0) is 5.98. The van der Waals surface area contributed by atoms with Crippen molar-refractivity contribution in [3.05, 3.63) is 11.6 Å². The molecule has 0 fully saturated rings. The van der Waals surface area contributed by atoms with Crippen LogP contribution in [0.2, 0.25) is 0 Å². The van der Waals surface area contributed by atoms with Gasteiger partial charge < -0.3 is 0 Å². The lowest BCUT2D eigenvalue weighted by atomic mass is 10.6. The molecule has 1 heterocycles. The third kappa shape index (κ3) is 1.13. The SMILES string of the molecule is CC(C)[SH]1[C]=NC=C1. The second-order valence-electron chi connectivity index (χ2n) is 2.03. The molecule has 8 heavy (non-hydrogen) atoms. The second kappa shape index (κ2) is 2.35. The van der Waals surface area contributed by atoms with Crippen LogP contribution in [0.15, 0.2) is 16.6 Å². The maximum atomic E-state index is 3.88. The average Bonchev–Trinajstić information content (AvgIpc) is 2.12. The minimum Gasteiger partial charge on any atom is -0.248 e. The molecular formula is C6H10NS. The molecule has 45 valence electrons. The van der Waals surface area contributed by atoms with Gasteiger partial charge in [0.05, 0.1) is 0 Å². The summed E-state index contributed by atoms with van der Waals surface area (Å²) in [5.41, 5.74) is 3.03. The Labute approximate surface area is 52.9 Å². The summed E-state index contributed by atoms with van der Waals surface area (Å²) in [6.45, 7) is 4.40. The summed E-state index contributed by atoms with van der Waals surface area (Å²) in [7, 11) is -0.101. The highest BCUT2D eigenvalue weighted by Gasteiger charge is 2.04. The van der Waals surface area contributed by atoms with Gasteiger partial charge in [-0.1, -0.05) is 13.8 Å². The van der Waals surface area contributed by atoms with Crippen molar-refractivity contribution in [2.45, 2.75) is 19.1 Å². The largest absolute Gasteiger partial charge is 0.248 e. The molecule has 0 spiro atoms. The molecule has 1 rings (SSSR count). The van der Waals surface area contributed by atoms with Crippen molar-refractivity contribution in [1.29, 1.82) is 0 Å². The van der Waals surface area contributed by atoms with Crippen LogP contribution in [-0.2, 0) is 0 Å². The fourth-order valence-corrected chi connectivity index (χ4v) is 1.58. The van der Waals surface area contributed by atoms with Gasteiger partial charge >= 0.3 is 0 Å². The molecule has 0 N–H and O–H groups in total. The molecule has 1 unspecified atom stereocenters. The monoisotopic (exact) mass is 128 g/mol. The summed E-state index contributed by atoms with van der Waals surface area (Å²) in [6.07, 6.45) is 1.84. The van der Waals surface area contributed by atoms with E-state index in [9.17, 15) is 0 Å². The van der Waals surface area contributed by atoms with Gasteiger partial charge in [0.25, 0.3) is 0 Å². The van der Waals surface area contributed by atoms with Gasteiger partial charge in [0.1, 0.15) is 5.55 Å². The first kappa shape index (κ1) is 5.89. The summed E-state index contributed by atoms with van der Waals surface area (Å²) >= 11 is 0. The highest BCUT2D eigenvalue weighted by Crippen LogP contribution is 2.32. The standard InChI is InChI=1S/C6H10NS/c1-6(2)8-4-3-7-5-8/h3-4,6,8H,1-2H3. The molecule has 0 saturated heterocycles. The maximum absolute atomic E-state index is 3.88. The van der Waals surface area contributed by atoms with Crippen LogP contribution in [0, 0.1) is 0 Å². The van der Waals surface area contributed by atoms with Crippen LogP contribution in [-0.4, -0.2) is 10.8 Å². The molecule has 0 aliphatic carbocycles. The van der Waals surface area contributed by atoms with Crippen LogP contribution >= 0.6 is 10.9 Å². The van der Waals surface area contributed by atoms with E-state index < -0.39 is 0 Å². The number of hydrogen-bond donors (Lipinski definition) is 1. The summed E-state index contributed by atoms with van der Waals surface area (Å²) in [6, 6.07) is 0. The Kier molecular flexibility index (Phi) is 1.73. The van der Waals surface area contributed by atoms with E-state index in [1.165, 1.54) is 0 Å². The maximum Gasteiger partial charge on any atom is 0.111 e. The quantitative estimate of drug-likeness (QED) is 0.517. The predicted octanol–water partition coefficient (Wildman–Crippen LogP) is 1.79. The molecular weight excluding hydrogens is 118 g/mol. The lowest BCUT2D eigenvalue weighted by Gasteiger charge is -2.10. The van der Waals surface area contributed by atoms with Crippen molar-refractivity contribution in [2.24, 2.45) is 4.99 Å². The molecule has 2 heteroatoms. The minimum atomic E-state index is -0.101. The third-order valence-electron chi connectivity index (χ3n) is 1.03. The van der Waals surface area contributed by atoms with Crippen LogP contribution < -0.4 is 0 Å². The molecule has 0 saturated carbocycles. The number of rotatable bonds is 1. The zero-order valence-electron chi connectivity index (χ0n) is 5.13. The van der Waals surface area contributed by atoms with Gasteiger partial charge in [0.15, 0.2) is 0 Å². The smallest absolute Gasteiger partial charge is 0.111 e. The van der Waals surface area contributed by atoms with Gasteiger partial charge in [-0.2, -0.15) is 10.9 Å². The summed E-state index contributed by atoms with van der Waals surface area (Å²) in [5, 5.41) is 2.85. The number of thiol groups is 1. The van der Waals surface area contributed by atoms with E-state index in [-0.39, 0.29) is 10.9 Å². The van der Waals surface area contributed by atoms with E-state index >= 15 is 0 Å². The summed E-state index contributed by atoms with van der Waals surface area (Å²) < 4.78 is 0. The highest BCUT2D eigenvalue weighted by atomic mass is 32.2. The van der Waals surface area contributed by atoms with E-state index in [1.807, 2.05) is 6.20 Å². The van der Waals surface area contributed by atoms with E-state index in [1.54, 1.807) is 0 Å². The van der Waals surface area contributed by atoms with Gasteiger partial charge in [-0.25, -0.2) is 4.99 Å². The van der Waals surface area contributed by atoms with E-state index in [2.05, 4.69) is 29.8 Å². The Morgan fingerprint density at radius 1 is 1.62 bits per heavy atom. The summed E-state index contributed by atoms with van der Waals surface area (Å²) in [5.74, 6) is 0. The fraction of sp³-hybridized carbons (Fsp3) is 0.500. The molecule has 1 aliphatic heterocycles. The number of hydrogen-bond acceptors (Lipinski definition) is 1. The minimum absolute atomic E-state index is 0.101. The molecule has 0 aromatic heterocycles. The van der Waals surface area contributed by atoms with E-state index in [4.69, 9.17) is 0 Å². The van der Waals surface area contributed by atoms with Crippen LogP contribution in [0.4, 0.5) is 0 Å². The molecule has 0 amide bonds. The van der Waals surface area contributed by atoms with Crippen molar-refractivity contribution in [1.82, 2.24) is 0 Å². The Morgan fingerprint density at radius 3 is 2.62 bits per heavy atom. The van der Waals surface area contributed by atoms with Crippen molar-refractivity contribution in [3.8, 4) is 0 Å². The fourth-order valence-electron chi connectivity index (χ4n) is 0.526. The Balaban J connectivity index is 2.49. The normalized spacial score (nSPS) is 30.1. The van der Waals surface area contributed by atoms with E-state index in [0.717, 1.165) is 0 Å². The topological polar surface area (TPSA) is 12.4 Å². The van der Waals surface area contributed by atoms with Crippen LogP contribution in [0.3, 0.4) is 0 Å². The first-order chi connectivity index (χ1) is 3.80. The van der Waals surface area contributed by atoms with Crippen molar-refractivity contribution < 1.29 is 0 Å². The van der Waals surface area contributed by atoms with Crippen molar-refractivity contribution >= 4 is 16.4 Å². The molecule has 0 aromatic carbocycles. The molecule has 1 aliphatic rings. The molecule has 1 nitrogen and oxygen atoms in total. The second-order valence-corrected chi connectivity index (χ2v) is 4.37. The average molecular weight is 128 g/mol. The van der Waals surface area contributed by atoms with Crippen molar-refractivity contribution in [2.75, 3.05) is 0 Å². The first-order valence-electron chi connectivity index (χ1n) is 2.71. The van der Waals surface area contributed by atoms with Gasteiger partial charge in [0, 0.05) is 6.20 Å². The third-order valence-corrected chi connectivity index (χ3v) is 2.94. The van der Waals surface area contributed by atoms with Gasteiger partial charge in [-0.3, -0.25) is 0 Å². The molecule has 0 bridgehead atoms. The van der Waals surface area contributed by atoms with Gasteiger partial charge in [-0.05, 0) is 10.7 Å². The first-order valence-corrected chi connectivity index (χ1v) is 4.19.